The molecule has 3 atom stereocenters. The van der Waals surface area contributed by atoms with Crippen molar-refractivity contribution in [2.75, 3.05) is 24.6 Å². The Morgan fingerprint density at radius 3 is 2.62 bits per heavy atom. The molecule has 2 aliphatic rings. The summed E-state index contributed by atoms with van der Waals surface area (Å²) in [6, 6.07) is 11.7. The second kappa shape index (κ2) is 12.6. The molecule has 37 heavy (non-hydrogen) atoms. The van der Waals surface area contributed by atoms with Crippen molar-refractivity contribution in [3.63, 3.8) is 0 Å². The van der Waals surface area contributed by atoms with Crippen LogP contribution in [0.4, 0.5) is 5.69 Å². The minimum absolute atomic E-state index is 0.0319. The third-order valence-electron chi connectivity index (χ3n) is 7.47. The molecule has 2 bridgehead atoms. The average Bonchev–Trinajstić information content (AvgIpc) is 2.84. The van der Waals surface area contributed by atoms with Crippen LogP contribution < -0.4 is 9.64 Å². The molecule has 6 heteroatoms. The summed E-state index contributed by atoms with van der Waals surface area (Å²) in [5.41, 5.74) is 3.93. The van der Waals surface area contributed by atoms with Crippen LogP contribution in [0.15, 0.2) is 48.6 Å². The molecule has 2 aromatic rings. The first-order chi connectivity index (χ1) is 17.9. The van der Waals surface area contributed by atoms with Gasteiger partial charge in [0.25, 0.3) is 0 Å². The Balaban J connectivity index is 1.70. The van der Waals surface area contributed by atoms with E-state index in [0.717, 1.165) is 61.7 Å². The number of hydrogen-bond acceptors (Lipinski definition) is 5. The molecule has 0 spiro atoms. The minimum Gasteiger partial charge on any atom is -0.492 e. The van der Waals surface area contributed by atoms with E-state index < -0.39 is 0 Å². The molecule has 1 fully saturated rings. The number of benzene rings is 2. The van der Waals surface area contributed by atoms with Crippen LogP contribution in [0.25, 0.3) is 0 Å². The highest BCUT2D eigenvalue weighted by Crippen LogP contribution is 2.39. The van der Waals surface area contributed by atoms with Crippen molar-refractivity contribution in [3.05, 3.63) is 70.3 Å². The van der Waals surface area contributed by atoms with E-state index in [9.17, 15) is 9.59 Å². The maximum atomic E-state index is 13.0. The molecule has 0 N–H and O–H groups in total. The molecular formula is C31H38ClNO4. The number of allylic oxidation sites excluding steroid dienone is 1. The number of carbonyl (C=O) groups excluding carboxylic acids is 2. The van der Waals surface area contributed by atoms with Crippen molar-refractivity contribution in [1.82, 2.24) is 0 Å². The number of cyclic esters (lactones) is 1. The summed E-state index contributed by atoms with van der Waals surface area (Å²) in [6.07, 6.45) is 8.53. The van der Waals surface area contributed by atoms with Crippen LogP contribution in [0.5, 0.6) is 5.75 Å². The Hall–Kier alpha value is -2.79. The molecule has 198 valence electrons. The van der Waals surface area contributed by atoms with Crippen molar-refractivity contribution in [2.45, 2.75) is 65.4 Å². The minimum atomic E-state index is -0.363. The van der Waals surface area contributed by atoms with Gasteiger partial charge in [0.05, 0.1) is 17.9 Å². The third kappa shape index (κ3) is 6.75. The zero-order valence-corrected chi connectivity index (χ0v) is 22.9. The molecular weight excluding hydrogens is 486 g/mol. The first-order valence-electron chi connectivity index (χ1n) is 13.6. The molecule has 1 heterocycles. The van der Waals surface area contributed by atoms with Crippen LogP contribution >= 0.6 is 11.6 Å². The van der Waals surface area contributed by atoms with Gasteiger partial charge in [-0.15, -0.1) is 0 Å². The highest BCUT2D eigenvalue weighted by molar-refractivity contribution is 6.30. The summed E-state index contributed by atoms with van der Waals surface area (Å²) >= 11 is 6.30. The highest BCUT2D eigenvalue weighted by Gasteiger charge is 2.37. The lowest BCUT2D eigenvalue weighted by Crippen LogP contribution is -2.42. The van der Waals surface area contributed by atoms with Crippen molar-refractivity contribution < 1.29 is 19.1 Å². The van der Waals surface area contributed by atoms with Crippen molar-refractivity contribution in [3.8, 4) is 5.75 Å². The number of esters is 1. The van der Waals surface area contributed by atoms with Gasteiger partial charge in [0.15, 0.2) is 5.78 Å². The van der Waals surface area contributed by atoms with E-state index in [1.54, 1.807) is 12.1 Å². The Labute approximate surface area is 225 Å². The van der Waals surface area contributed by atoms with Gasteiger partial charge in [-0.25, -0.2) is 4.79 Å². The van der Waals surface area contributed by atoms with Gasteiger partial charge >= 0.3 is 5.97 Å². The van der Waals surface area contributed by atoms with E-state index in [1.165, 1.54) is 11.1 Å². The summed E-state index contributed by atoms with van der Waals surface area (Å²) in [7, 11) is 0. The van der Waals surface area contributed by atoms with Gasteiger partial charge in [-0.2, -0.15) is 0 Å². The van der Waals surface area contributed by atoms with Gasteiger partial charge < -0.3 is 14.4 Å². The monoisotopic (exact) mass is 523 g/mol. The average molecular weight is 524 g/mol. The van der Waals surface area contributed by atoms with E-state index in [4.69, 9.17) is 21.1 Å². The van der Waals surface area contributed by atoms with Crippen LogP contribution in [-0.4, -0.2) is 37.6 Å². The quantitative estimate of drug-likeness (QED) is 0.372. The zero-order chi connectivity index (χ0) is 26.4. The van der Waals surface area contributed by atoms with Gasteiger partial charge in [-0.1, -0.05) is 37.1 Å². The largest absolute Gasteiger partial charge is 0.492 e. The fourth-order valence-electron chi connectivity index (χ4n) is 5.32. The number of halogens is 1. The third-order valence-corrected chi connectivity index (χ3v) is 7.71. The number of hydrogen-bond donors (Lipinski definition) is 0. The van der Waals surface area contributed by atoms with Gasteiger partial charge in [-0.3, -0.25) is 4.79 Å². The Morgan fingerprint density at radius 1 is 1.05 bits per heavy atom. The molecule has 1 aliphatic carbocycles. The van der Waals surface area contributed by atoms with E-state index >= 15 is 0 Å². The molecule has 0 aromatic heterocycles. The second-order valence-corrected chi connectivity index (χ2v) is 10.6. The number of anilines is 1. The first kappa shape index (κ1) is 27.3. The molecule has 1 saturated carbocycles. The summed E-state index contributed by atoms with van der Waals surface area (Å²) < 4.78 is 11.7. The number of nitrogens with zero attached hydrogens (tertiary/aromatic N) is 1. The molecule has 4 rings (SSSR count). The molecule has 0 radical (unpaired) electrons. The van der Waals surface area contributed by atoms with E-state index in [2.05, 4.69) is 24.0 Å². The van der Waals surface area contributed by atoms with Crippen LogP contribution in [-0.2, 0) is 22.4 Å². The van der Waals surface area contributed by atoms with Gasteiger partial charge in [0, 0.05) is 30.5 Å². The predicted octanol–water partition coefficient (Wildman–Crippen LogP) is 6.84. The first-order valence-corrected chi connectivity index (χ1v) is 14.0. The predicted molar refractivity (Wildman–Crippen MR) is 149 cm³/mol. The summed E-state index contributed by atoms with van der Waals surface area (Å²) in [4.78, 5) is 28.2. The lowest BCUT2D eigenvalue weighted by atomic mass is 9.71. The lowest BCUT2D eigenvalue weighted by Gasteiger charge is -2.40. The fourth-order valence-corrected chi connectivity index (χ4v) is 5.51. The normalized spacial score (nSPS) is 22.9. The van der Waals surface area contributed by atoms with Crippen molar-refractivity contribution in [2.24, 2.45) is 11.8 Å². The number of carbonyl (C=O) groups is 2. The van der Waals surface area contributed by atoms with Crippen LogP contribution in [0.1, 0.15) is 67.9 Å². The molecule has 5 nitrogen and oxygen atoms in total. The topological polar surface area (TPSA) is 55.8 Å². The number of fused-ring (bicyclic) bond motifs is 3. The smallest absolute Gasteiger partial charge is 0.338 e. The van der Waals surface area contributed by atoms with Crippen LogP contribution in [0.2, 0.25) is 5.02 Å². The van der Waals surface area contributed by atoms with Crippen molar-refractivity contribution in [1.29, 1.82) is 0 Å². The number of aryl methyl sites for hydroxylation is 1. The number of rotatable bonds is 7. The number of ether oxygens (including phenoxy) is 2. The van der Waals surface area contributed by atoms with Gasteiger partial charge in [0.2, 0.25) is 0 Å². The Morgan fingerprint density at radius 2 is 1.89 bits per heavy atom. The maximum absolute atomic E-state index is 13.0. The molecule has 1 aliphatic heterocycles. The van der Waals surface area contributed by atoms with Crippen molar-refractivity contribution >= 4 is 29.0 Å². The zero-order valence-electron chi connectivity index (χ0n) is 22.2. The van der Waals surface area contributed by atoms with Gasteiger partial charge in [0.1, 0.15) is 11.9 Å². The summed E-state index contributed by atoms with van der Waals surface area (Å²) in [5, 5.41) is 0.758. The fraction of sp³-hybridized carbons (Fsp3) is 0.484. The number of ketones is 1. The van der Waals surface area contributed by atoms with Crippen LogP contribution in [0, 0.1) is 11.8 Å². The molecule has 3 unspecified atom stereocenters. The summed E-state index contributed by atoms with van der Waals surface area (Å²) in [6.45, 7) is 7.98. The van der Waals surface area contributed by atoms with Crippen LogP contribution in [0.3, 0.4) is 0 Å². The Bertz CT molecular complexity index is 1140. The molecule has 2 aromatic carbocycles. The summed E-state index contributed by atoms with van der Waals surface area (Å²) in [5.74, 6) is 0.852. The lowest BCUT2D eigenvalue weighted by molar-refractivity contribution is -0.122. The maximum Gasteiger partial charge on any atom is 0.338 e. The SMILES string of the molecule is CCCc1cc(Cl)ccc1CCN1CC2CCC2C(=O)/C=C/CC(C)OC(=O)c2ccc(OCC)c1c2. The molecule has 0 amide bonds. The van der Waals surface area contributed by atoms with E-state index in [-0.39, 0.29) is 29.7 Å². The van der Waals surface area contributed by atoms with E-state index in [1.807, 2.05) is 38.1 Å². The standard InChI is InChI=1S/C31H38ClNO4/c1-4-7-23-18-26(32)13-10-22(23)16-17-33-20-25-11-14-27(25)29(34)9-6-8-21(3)37-31(35)24-12-15-30(36-5-2)28(33)19-24/h6,9-10,12-13,15,18-19,21,25,27H,4-5,7-8,11,14,16-17,20H2,1-3H3/b9-6+. The second-order valence-electron chi connectivity index (χ2n) is 10.2. The van der Waals surface area contributed by atoms with E-state index in [0.29, 0.717) is 18.6 Å². The Kier molecular flexibility index (Phi) is 9.31. The highest BCUT2D eigenvalue weighted by atomic mass is 35.5. The molecule has 0 saturated heterocycles. The van der Waals surface area contributed by atoms with Gasteiger partial charge in [-0.05, 0) is 93.0 Å².